The van der Waals surface area contributed by atoms with Crippen LogP contribution in [0.25, 0.3) is 11.1 Å². The number of carbonyl (C=O) groups excluding carboxylic acids is 3. The van der Waals surface area contributed by atoms with Crippen LogP contribution in [0, 0.1) is 0 Å². The molecule has 0 saturated carbocycles. The summed E-state index contributed by atoms with van der Waals surface area (Å²) < 4.78 is 11.5. The highest BCUT2D eigenvalue weighted by atomic mass is 32.3. The number of nitrogens with zero attached hydrogens (tertiary/aromatic N) is 1. The van der Waals surface area contributed by atoms with Gasteiger partial charge in [0.1, 0.15) is 19.3 Å². The first kappa shape index (κ1) is 48.4. The summed E-state index contributed by atoms with van der Waals surface area (Å²) in [5, 5.41) is 2.78. The van der Waals surface area contributed by atoms with Crippen molar-refractivity contribution in [2.45, 2.75) is 47.8 Å². The van der Waals surface area contributed by atoms with E-state index >= 15 is 4.79 Å². The lowest BCUT2D eigenvalue weighted by Crippen LogP contribution is -2.47. The van der Waals surface area contributed by atoms with Crippen molar-refractivity contribution >= 4 is 38.0 Å². The summed E-state index contributed by atoms with van der Waals surface area (Å²) >= 11 is 0. The van der Waals surface area contributed by atoms with Crippen molar-refractivity contribution in [3.8, 4) is 11.1 Å². The fourth-order valence-corrected chi connectivity index (χ4v) is 17.6. The van der Waals surface area contributed by atoms with Gasteiger partial charge in [0.25, 0.3) is 0 Å². The number of carbonyl (C=O) groups is 3. The van der Waals surface area contributed by atoms with Crippen molar-refractivity contribution in [3.63, 3.8) is 0 Å². The van der Waals surface area contributed by atoms with Crippen LogP contribution < -0.4 is 5.32 Å². The highest BCUT2D eigenvalue weighted by Gasteiger charge is 2.37. The SMILES string of the molecule is C=CCOC(=O)[C@H](CC(=O)N(CCS(c1ccccc1)(c1ccccc1)c1ccccc1)CCS(c1ccccc1)(c1ccccc1)c1ccccc1)NC(=O)OCC1c2ccccc2-c2ccccc21. The second-order valence-electron chi connectivity index (χ2n) is 17.3. The largest absolute Gasteiger partial charge is 0.460 e. The smallest absolute Gasteiger partial charge is 0.407 e. The fourth-order valence-electron chi connectivity index (χ4n) is 9.82. The highest BCUT2D eigenvalue weighted by molar-refractivity contribution is 8.34. The molecule has 8 aromatic rings. The van der Waals surface area contributed by atoms with Gasteiger partial charge >= 0.3 is 12.1 Å². The summed E-state index contributed by atoms with van der Waals surface area (Å²) in [4.78, 5) is 52.4. The van der Waals surface area contributed by atoms with E-state index in [1.165, 1.54) is 35.4 Å². The van der Waals surface area contributed by atoms with Crippen LogP contribution in [0.5, 0.6) is 0 Å². The maximum Gasteiger partial charge on any atom is 0.407 e. The monoisotopic (exact) mass is 974 g/mol. The number of alkyl carbamates (subject to hydrolysis) is 1. The van der Waals surface area contributed by atoms with Crippen LogP contribution in [0.15, 0.2) is 273 Å². The van der Waals surface area contributed by atoms with Gasteiger partial charge in [-0.25, -0.2) is 9.59 Å². The summed E-state index contributed by atoms with van der Waals surface area (Å²) in [6, 6.07) is 78.4. The molecule has 0 unspecified atom stereocenters. The average Bonchev–Trinajstić information content (AvgIpc) is 3.76. The molecule has 0 heterocycles. The normalized spacial score (nSPS) is 12.9. The Bertz CT molecular complexity index is 2660. The zero-order chi connectivity index (χ0) is 48.9. The molecular formula is C62H58N2O5S2. The van der Waals surface area contributed by atoms with E-state index in [4.69, 9.17) is 9.47 Å². The van der Waals surface area contributed by atoms with Crippen molar-refractivity contribution in [3.05, 3.63) is 254 Å². The molecule has 7 nitrogen and oxygen atoms in total. The Kier molecular flexibility index (Phi) is 15.6. The van der Waals surface area contributed by atoms with Crippen molar-refractivity contribution in [2.75, 3.05) is 37.8 Å². The molecule has 1 N–H and O–H groups in total. The summed E-state index contributed by atoms with van der Waals surface area (Å²) in [6.45, 7) is 4.38. The van der Waals surface area contributed by atoms with Gasteiger partial charge < -0.3 is 19.7 Å². The molecule has 2 amide bonds. The predicted molar refractivity (Wildman–Crippen MR) is 288 cm³/mol. The molecule has 1 aliphatic carbocycles. The minimum Gasteiger partial charge on any atom is -0.460 e. The third-order valence-electron chi connectivity index (χ3n) is 13.2. The van der Waals surface area contributed by atoms with Crippen LogP contribution in [-0.2, 0) is 19.1 Å². The number of esters is 1. The summed E-state index contributed by atoms with van der Waals surface area (Å²) in [5.74, 6) is -0.0598. The quantitative estimate of drug-likeness (QED) is 0.0607. The van der Waals surface area contributed by atoms with Crippen LogP contribution in [0.2, 0.25) is 0 Å². The molecule has 1 atom stereocenters. The standard InChI is InChI=1S/C62H58N2O5S2/c1-2-43-68-61(66)59(63-62(67)69-47-58-56-39-23-21-37-54(56)55-38-22-24-40-57(55)58)46-60(65)64(41-44-70(48-25-9-3-10-26-48,49-27-11-4-12-28-49)50-29-13-5-14-30-50)42-45-71(51-31-15-6-16-32-51,52-33-17-7-18-34-52)53-35-19-8-20-36-53/h2-40,58-59H,1,41-47H2,(H,63,67)/t59-/m0/s1. The first-order chi connectivity index (χ1) is 34.9. The molecule has 0 bridgehead atoms. The van der Waals surface area contributed by atoms with Crippen molar-refractivity contribution in [1.82, 2.24) is 10.2 Å². The third-order valence-corrected chi connectivity index (χ3v) is 21.3. The third kappa shape index (κ3) is 10.5. The molecule has 0 radical (unpaired) electrons. The minimum absolute atomic E-state index is 0.0427. The van der Waals surface area contributed by atoms with Gasteiger partial charge in [-0.05, 0) is 124 Å². The van der Waals surface area contributed by atoms with Crippen molar-refractivity contribution < 1.29 is 23.9 Å². The molecule has 0 fully saturated rings. The number of amides is 2. The van der Waals surface area contributed by atoms with E-state index in [0.717, 1.165) is 22.3 Å². The maximum atomic E-state index is 15.5. The molecule has 9 rings (SSSR count). The van der Waals surface area contributed by atoms with E-state index in [0.29, 0.717) is 24.6 Å². The van der Waals surface area contributed by atoms with Crippen LogP contribution in [-0.4, -0.2) is 66.7 Å². The van der Waals surface area contributed by atoms with E-state index in [2.05, 4.69) is 182 Å². The minimum atomic E-state index is -1.98. The lowest BCUT2D eigenvalue weighted by molar-refractivity contribution is -0.147. The van der Waals surface area contributed by atoms with Crippen LogP contribution in [0.4, 0.5) is 4.79 Å². The topological polar surface area (TPSA) is 84.9 Å². The predicted octanol–water partition coefficient (Wildman–Crippen LogP) is 13.8. The van der Waals surface area contributed by atoms with Gasteiger partial charge in [0.05, 0.1) is 6.42 Å². The molecule has 9 heteroatoms. The van der Waals surface area contributed by atoms with E-state index in [1.54, 1.807) is 0 Å². The summed E-state index contributed by atoms with van der Waals surface area (Å²) in [6.07, 6.45) is 0.303. The molecule has 0 spiro atoms. The molecule has 0 aliphatic heterocycles. The molecule has 358 valence electrons. The molecular weight excluding hydrogens is 917 g/mol. The Morgan fingerprint density at radius 2 is 0.831 bits per heavy atom. The van der Waals surface area contributed by atoms with Crippen molar-refractivity contribution in [1.29, 1.82) is 0 Å². The van der Waals surface area contributed by atoms with Crippen molar-refractivity contribution in [2.24, 2.45) is 0 Å². The molecule has 0 aromatic heterocycles. The van der Waals surface area contributed by atoms with Gasteiger partial charge in [-0.1, -0.05) is 170 Å². The second kappa shape index (κ2) is 22.9. The number of hydrogen-bond acceptors (Lipinski definition) is 5. The van der Waals surface area contributed by atoms with Gasteiger partial charge in [0.15, 0.2) is 0 Å². The number of hydrogen-bond donors (Lipinski definition) is 1. The van der Waals surface area contributed by atoms with Gasteiger partial charge in [0, 0.05) is 30.5 Å². The zero-order valence-electron chi connectivity index (χ0n) is 39.6. The van der Waals surface area contributed by atoms with E-state index in [-0.39, 0.29) is 31.5 Å². The van der Waals surface area contributed by atoms with E-state index < -0.39 is 38.2 Å². The van der Waals surface area contributed by atoms with Crippen LogP contribution in [0.1, 0.15) is 23.5 Å². The second-order valence-corrected chi connectivity index (χ2v) is 23.9. The Hall–Kier alpha value is -7.59. The first-order valence-electron chi connectivity index (χ1n) is 24.0. The van der Waals surface area contributed by atoms with Crippen LogP contribution >= 0.6 is 20.1 Å². The molecule has 0 saturated heterocycles. The number of benzene rings is 8. The highest BCUT2D eigenvalue weighted by Crippen LogP contribution is 2.69. The Labute approximate surface area is 420 Å². The van der Waals surface area contributed by atoms with Gasteiger partial charge in [-0.3, -0.25) is 4.79 Å². The van der Waals surface area contributed by atoms with E-state index in [9.17, 15) is 9.59 Å². The molecule has 8 aromatic carbocycles. The molecule has 1 aliphatic rings. The number of ether oxygens (including phenoxy) is 2. The van der Waals surface area contributed by atoms with Gasteiger partial charge in [-0.15, -0.1) is 0 Å². The lowest BCUT2D eigenvalue weighted by Gasteiger charge is -2.45. The Morgan fingerprint density at radius 1 is 0.493 bits per heavy atom. The number of fused-ring (bicyclic) bond motifs is 3. The summed E-state index contributed by atoms with van der Waals surface area (Å²) in [7, 11) is -3.97. The lowest BCUT2D eigenvalue weighted by atomic mass is 9.98. The van der Waals surface area contributed by atoms with Crippen LogP contribution in [0.3, 0.4) is 0 Å². The Morgan fingerprint density at radius 3 is 1.18 bits per heavy atom. The Balaban J connectivity index is 1.08. The summed E-state index contributed by atoms with van der Waals surface area (Å²) in [5.41, 5.74) is 4.33. The maximum absolute atomic E-state index is 15.5. The fraction of sp³-hybridized carbons (Fsp3) is 0.145. The number of rotatable bonds is 20. The van der Waals surface area contributed by atoms with Gasteiger partial charge in [-0.2, -0.15) is 20.1 Å². The average molecular weight is 975 g/mol. The first-order valence-corrected chi connectivity index (χ1v) is 27.6. The molecule has 71 heavy (non-hydrogen) atoms. The number of nitrogens with one attached hydrogen (secondary N) is 1. The van der Waals surface area contributed by atoms with E-state index in [1.807, 2.05) is 65.6 Å². The zero-order valence-corrected chi connectivity index (χ0v) is 41.3. The van der Waals surface area contributed by atoms with Gasteiger partial charge in [0.2, 0.25) is 5.91 Å².